The molecule has 4 nitrogen and oxygen atoms in total. The summed E-state index contributed by atoms with van der Waals surface area (Å²) >= 11 is 3.66. The molecule has 0 bridgehead atoms. The highest BCUT2D eigenvalue weighted by molar-refractivity contribution is 14.1. The molecule has 0 atom stereocenters. The van der Waals surface area contributed by atoms with Gasteiger partial charge in [0, 0.05) is 27.3 Å². The van der Waals surface area contributed by atoms with E-state index >= 15 is 0 Å². The van der Waals surface area contributed by atoms with Crippen molar-refractivity contribution in [2.75, 3.05) is 0 Å². The van der Waals surface area contributed by atoms with Crippen molar-refractivity contribution in [3.8, 4) is 10.9 Å². The number of ether oxygens (including phenoxy) is 1. The van der Waals surface area contributed by atoms with Gasteiger partial charge >= 0.3 is 0 Å². The predicted octanol–water partition coefficient (Wildman–Crippen LogP) is 4.47. The van der Waals surface area contributed by atoms with Crippen LogP contribution in [0.15, 0.2) is 60.1 Å². The Kier molecular flexibility index (Phi) is 5.24. The number of nitrogens with one attached hydrogen (secondary N) is 1. The number of benzene rings is 2. The Hall–Kier alpha value is -1.93. The Morgan fingerprint density at radius 2 is 1.87 bits per heavy atom. The van der Waals surface area contributed by atoms with E-state index in [-0.39, 0.29) is 5.91 Å². The molecule has 3 aromatic rings. The second-order valence-electron chi connectivity index (χ2n) is 4.73. The molecule has 1 N–H and O–H groups in total. The third-order valence-electron chi connectivity index (χ3n) is 3.10. The van der Waals surface area contributed by atoms with Crippen LogP contribution in [0.25, 0.3) is 0 Å². The van der Waals surface area contributed by atoms with Crippen LogP contribution in [-0.2, 0) is 6.54 Å². The zero-order valence-corrected chi connectivity index (χ0v) is 15.0. The summed E-state index contributed by atoms with van der Waals surface area (Å²) in [5.41, 5.74) is 1.67. The fourth-order valence-corrected chi connectivity index (χ4v) is 2.79. The van der Waals surface area contributed by atoms with E-state index in [2.05, 4.69) is 32.9 Å². The van der Waals surface area contributed by atoms with Gasteiger partial charge < -0.3 is 10.1 Å². The van der Waals surface area contributed by atoms with Crippen molar-refractivity contribution in [2.45, 2.75) is 6.54 Å². The van der Waals surface area contributed by atoms with Gasteiger partial charge in [-0.05, 0) is 64.6 Å². The number of carbonyl (C=O) groups is 1. The molecule has 0 aliphatic heterocycles. The summed E-state index contributed by atoms with van der Waals surface area (Å²) in [6.07, 6.45) is 1.70. The molecule has 0 radical (unpaired) electrons. The van der Waals surface area contributed by atoms with Gasteiger partial charge in [0.25, 0.3) is 11.1 Å². The number of nitrogens with zero attached hydrogens (tertiary/aromatic N) is 1. The molecule has 0 spiro atoms. The third-order valence-corrected chi connectivity index (χ3v) is 4.46. The Morgan fingerprint density at radius 1 is 1.13 bits per heavy atom. The molecule has 116 valence electrons. The lowest BCUT2D eigenvalue weighted by atomic mass is 10.2. The summed E-state index contributed by atoms with van der Waals surface area (Å²) < 4.78 is 6.71. The van der Waals surface area contributed by atoms with E-state index in [1.807, 2.05) is 53.9 Å². The summed E-state index contributed by atoms with van der Waals surface area (Å²) in [6.45, 7) is 0.475. The van der Waals surface area contributed by atoms with Gasteiger partial charge in [-0.2, -0.15) is 0 Å². The molecule has 0 fully saturated rings. The average molecular weight is 436 g/mol. The Morgan fingerprint density at radius 3 is 2.52 bits per heavy atom. The van der Waals surface area contributed by atoms with Crippen LogP contribution < -0.4 is 10.1 Å². The monoisotopic (exact) mass is 436 g/mol. The third kappa shape index (κ3) is 4.52. The van der Waals surface area contributed by atoms with Gasteiger partial charge in [0.05, 0.1) is 0 Å². The van der Waals surface area contributed by atoms with Crippen LogP contribution in [0.1, 0.15) is 15.9 Å². The highest BCUT2D eigenvalue weighted by Crippen LogP contribution is 2.23. The molecular weight excluding hydrogens is 423 g/mol. The molecule has 6 heteroatoms. The largest absolute Gasteiger partial charge is 0.431 e. The molecule has 0 saturated carbocycles. The van der Waals surface area contributed by atoms with Crippen molar-refractivity contribution in [3.63, 3.8) is 0 Å². The fraction of sp³-hybridized carbons (Fsp3) is 0.0588. The number of carbonyl (C=O) groups excluding carboxylic acids is 1. The second-order valence-corrected chi connectivity index (χ2v) is 6.84. The van der Waals surface area contributed by atoms with Crippen LogP contribution in [0, 0.1) is 3.57 Å². The Bertz CT molecular complexity index is 771. The summed E-state index contributed by atoms with van der Waals surface area (Å²) in [5.74, 6) is 0.650. The molecule has 0 unspecified atom stereocenters. The molecule has 0 saturated heterocycles. The fourth-order valence-electron chi connectivity index (χ4n) is 1.92. The molecule has 23 heavy (non-hydrogen) atoms. The standard InChI is InChI=1S/C17H13IN2O2S/c18-14-5-3-13(4-6-14)16(21)20-11-12-1-7-15(8-2-12)22-17-19-9-10-23-17/h1-10H,11H2,(H,20,21). The van der Waals surface area contributed by atoms with E-state index in [1.165, 1.54) is 11.3 Å². The lowest BCUT2D eigenvalue weighted by Crippen LogP contribution is -2.22. The minimum absolute atomic E-state index is 0.0792. The summed E-state index contributed by atoms with van der Waals surface area (Å²) in [6, 6.07) is 15.1. The van der Waals surface area contributed by atoms with Crippen LogP contribution in [0.2, 0.25) is 0 Å². The quantitative estimate of drug-likeness (QED) is 0.601. The summed E-state index contributed by atoms with van der Waals surface area (Å²) in [5, 5.41) is 5.39. The van der Waals surface area contributed by atoms with E-state index in [9.17, 15) is 4.79 Å². The SMILES string of the molecule is O=C(NCc1ccc(Oc2nccs2)cc1)c1ccc(I)cc1. The molecule has 1 amide bonds. The number of thiazole rings is 1. The van der Waals surface area contributed by atoms with Crippen molar-refractivity contribution in [1.82, 2.24) is 10.3 Å². The highest BCUT2D eigenvalue weighted by Gasteiger charge is 2.05. The zero-order valence-electron chi connectivity index (χ0n) is 12.0. The van der Waals surface area contributed by atoms with Crippen molar-refractivity contribution in [3.05, 3.63) is 74.8 Å². The van der Waals surface area contributed by atoms with Gasteiger partial charge in [-0.3, -0.25) is 4.79 Å². The Balaban J connectivity index is 1.56. The maximum absolute atomic E-state index is 12.1. The van der Waals surface area contributed by atoms with Crippen LogP contribution in [0.4, 0.5) is 0 Å². The van der Waals surface area contributed by atoms with E-state index < -0.39 is 0 Å². The number of amides is 1. The topological polar surface area (TPSA) is 51.2 Å². The number of aromatic nitrogens is 1. The van der Waals surface area contributed by atoms with Crippen molar-refractivity contribution in [1.29, 1.82) is 0 Å². The normalized spacial score (nSPS) is 10.3. The minimum Gasteiger partial charge on any atom is -0.431 e. The number of halogens is 1. The lowest BCUT2D eigenvalue weighted by molar-refractivity contribution is 0.0951. The highest BCUT2D eigenvalue weighted by atomic mass is 127. The van der Waals surface area contributed by atoms with Crippen molar-refractivity contribution < 1.29 is 9.53 Å². The first kappa shape index (κ1) is 15.9. The molecule has 0 aliphatic rings. The van der Waals surface area contributed by atoms with Crippen molar-refractivity contribution >= 4 is 39.8 Å². The lowest BCUT2D eigenvalue weighted by Gasteiger charge is -2.07. The molecule has 3 rings (SSSR count). The van der Waals surface area contributed by atoms with Gasteiger partial charge in [0.15, 0.2) is 0 Å². The Labute approximate surface area is 151 Å². The molecule has 1 heterocycles. The smallest absolute Gasteiger partial charge is 0.278 e. The number of rotatable bonds is 5. The van der Waals surface area contributed by atoms with Gasteiger partial charge in [-0.25, -0.2) is 4.98 Å². The van der Waals surface area contributed by atoms with E-state index in [0.717, 1.165) is 14.9 Å². The molecular formula is C17H13IN2O2S. The van der Waals surface area contributed by atoms with E-state index in [0.29, 0.717) is 17.3 Å². The summed E-state index contributed by atoms with van der Waals surface area (Å²) in [7, 11) is 0. The average Bonchev–Trinajstić information content (AvgIpc) is 3.07. The van der Waals surface area contributed by atoms with Crippen LogP contribution in [0.5, 0.6) is 10.9 Å². The minimum atomic E-state index is -0.0792. The van der Waals surface area contributed by atoms with Gasteiger partial charge in [-0.1, -0.05) is 23.5 Å². The van der Waals surface area contributed by atoms with Gasteiger partial charge in [0.2, 0.25) is 0 Å². The zero-order chi connectivity index (χ0) is 16.1. The van der Waals surface area contributed by atoms with Crippen molar-refractivity contribution in [2.24, 2.45) is 0 Å². The second kappa shape index (κ2) is 7.56. The summed E-state index contributed by atoms with van der Waals surface area (Å²) in [4.78, 5) is 16.1. The number of hydrogen-bond acceptors (Lipinski definition) is 4. The maximum atomic E-state index is 12.1. The first-order valence-electron chi connectivity index (χ1n) is 6.91. The van der Waals surface area contributed by atoms with E-state index in [4.69, 9.17) is 4.74 Å². The maximum Gasteiger partial charge on any atom is 0.278 e. The van der Waals surface area contributed by atoms with Gasteiger partial charge in [0.1, 0.15) is 5.75 Å². The van der Waals surface area contributed by atoms with Crippen LogP contribution in [0.3, 0.4) is 0 Å². The molecule has 1 aromatic heterocycles. The predicted molar refractivity (Wildman–Crippen MR) is 99.0 cm³/mol. The molecule has 2 aromatic carbocycles. The first-order valence-corrected chi connectivity index (χ1v) is 8.86. The number of hydrogen-bond donors (Lipinski definition) is 1. The van der Waals surface area contributed by atoms with E-state index in [1.54, 1.807) is 6.20 Å². The first-order chi connectivity index (χ1) is 11.2. The molecule has 0 aliphatic carbocycles. The van der Waals surface area contributed by atoms with Crippen LogP contribution >= 0.6 is 33.9 Å². The van der Waals surface area contributed by atoms with Gasteiger partial charge in [-0.15, -0.1) is 0 Å². The van der Waals surface area contributed by atoms with Crippen LogP contribution in [-0.4, -0.2) is 10.9 Å².